The zero-order chi connectivity index (χ0) is 8.55. The van der Waals surface area contributed by atoms with Crippen LogP contribution in [0.1, 0.15) is 25.7 Å². The number of ether oxygens (including phenoxy) is 1. The number of thioether (sulfide) groups is 1. The van der Waals surface area contributed by atoms with E-state index in [9.17, 15) is 4.39 Å². The quantitative estimate of drug-likeness (QED) is 0.589. The van der Waals surface area contributed by atoms with Crippen LogP contribution in [0, 0.1) is 0 Å². The molecule has 1 saturated heterocycles. The number of rotatable bonds is 1. The van der Waals surface area contributed by atoms with Crippen LogP contribution in [-0.4, -0.2) is 29.9 Å². The van der Waals surface area contributed by atoms with Gasteiger partial charge in [-0.1, -0.05) is 0 Å². The average molecular weight is 190 g/mol. The summed E-state index contributed by atoms with van der Waals surface area (Å²) in [5.41, 5.74) is 0. The second-order valence-electron chi connectivity index (χ2n) is 3.66. The Labute approximate surface area is 77.0 Å². The van der Waals surface area contributed by atoms with Gasteiger partial charge in [-0.3, -0.25) is 0 Å². The maximum atomic E-state index is 13.4. The molecule has 1 saturated carbocycles. The number of hydrogen-bond donors (Lipinski definition) is 0. The van der Waals surface area contributed by atoms with E-state index in [-0.39, 0.29) is 5.25 Å². The Morgan fingerprint density at radius 2 is 1.83 bits per heavy atom. The van der Waals surface area contributed by atoms with Gasteiger partial charge in [-0.05, 0) is 31.9 Å². The first-order valence-corrected chi connectivity index (χ1v) is 5.92. The van der Waals surface area contributed by atoms with Gasteiger partial charge in [-0.2, -0.15) is 11.8 Å². The van der Waals surface area contributed by atoms with E-state index in [1.54, 1.807) is 11.8 Å². The molecular weight excluding hydrogens is 175 g/mol. The van der Waals surface area contributed by atoms with E-state index in [0.717, 1.165) is 19.3 Å². The third-order valence-corrected chi connectivity index (χ3v) is 3.99. The lowest BCUT2D eigenvalue weighted by Crippen LogP contribution is -2.22. The molecular formula is C9H15FOS. The molecule has 70 valence electrons. The molecule has 0 amide bonds. The molecule has 3 heteroatoms. The molecule has 0 radical (unpaired) electrons. The Bertz CT molecular complexity index is 165. The number of hydrogen-bond acceptors (Lipinski definition) is 2. The minimum atomic E-state index is -0.606. The normalized spacial score (nSPS) is 47.5. The van der Waals surface area contributed by atoms with Crippen molar-refractivity contribution in [3.8, 4) is 0 Å². The van der Waals surface area contributed by atoms with Crippen molar-refractivity contribution < 1.29 is 9.13 Å². The van der Waals surface area contributed by atoms with Gasteiger partial charge in [0.25, 0.3) is 0 Å². The van der Waals surface area contributed by atoms with Crippen LogP contribution in [-0.2, 0) is 4.74 Å². The van der Waals surface area contributed by atoms with Crippen LogP contribution in [0.4, 0.5) is 4.39 Å². The van der Waals surface area contributed by atoms with E-state index in [0.29, 0.717) is 18.6 Å². The molecule has 1 aliphatic heterocycles. The van der Waals surface area contributed by atoms with Gasteiger partial charge in [-0.25, -0.2) is 4.39 Å². The highest BCUT2D eigenvalue weighted by molar-refractivity contribution is 7.99. The van der Waals surface area contributed by atoms with Crippen molar-refractivity contribution in [1.82, 2.24) is 0 Å². The molecule has 12 heavy (non-hydrogen) atoms. The molecule has 0 bridgehead atoms. The molecule has 0 spiro atoms. The molecule has 0 aromatic heterocycles. The van der Waals surface area contributed by atoms with Crippen molar-refractivity contribution in [1.29, 1.82) is 0 Å². The SMILES string of the molecule is CS[C@H]1CC[C@H]2O[C@H]2CC[C@@H]1F. The summed E-state index contributed by atoms with van der Waals surface area (Å²) in [5.74, 6) is 0. The topological polar surface area (TPSA) is 12.5 Å². The molecule has 0 unspecified atom stereocenters. The van der Waals surface area contributed by atoms with Gasteiger partial charge in [0.15, 0.2) is 0 Å². The van der Waals surface area contributed by atoms with E-state index in [2.05, 4.69) is 0 Å². The van der Waals surface area contributed by atoms with Crippen LogP contribution >= 0.6 is 11.8 Å². The largest absolute Gasteiger partial charge is 0.370 e. The predicted octanol–water partition coefficient (Wildman–Crippen LogP) is 2.40. The van der Waals surface area contributed by atoms with Crippen molar-refractivity contribution in [2.45, 2.75) is 49.3 Å². The van der Waals surface area contributed by atoms with Crippen LogP contribution in [0.5, 0.6) is 0 Å². The van der Waals surface area contributed by atoms with Crippen molar-refractivity contribution in [2.24, 2.45) is 0 Å². The molecule has 4 atom stereocenters. The van der Waals surface area contributed by atoms with Crippen molar-refractivity contribution in [3.63, 3.8) is 0 Å². The highest BCUT2D eigenvalue weighted by Gasteiger charge is 2.41. The highest BCUT2D eigenvalue weighted by Crippen LogP contribution is 2.37. The summed E-state index contributed by atoms with van der Waals surface area (Å²) in [4.78, 5) is 0. The summed E-state index contributed by atoms with van der Waals surface area (Å²) < 4.78 is 18.8. The smallest absolute Gasteiger partial charge is 0.112 e. The first-order valence-electron chi connectivity index (χ1n) is 4.63. The molecule has 1 nitrogen and oxygen atoms in total. The predicted molar refractivity (Wildman–Crippen MR) is 49.3 cm³/mol. The van der Waals surface area contributed by atoms with Crippen LogP contribution in [0.15, 0.2) is 0 Å². The van der Waals surface area contributed by atoms with E-state index in [1.807, 2.05) is 6.26 Å². The number of fused-ring (bicyclic) bond motifs is 1. The molecule has 0 N–H and O–H groups in total. The van der Waals surface area contributed by atoms with Gasteiger partial charge >= 0.3 is 0 Å². The maximum absolute atomic E-state index is 13.4. The minimum absolute atomic E-state index is 0.218. The maximum Gasteiger partial charge on any atom is 0.112 e. The lowest BCUT2D eigenvalue weighted by molar-refractivity contribution is 0.281. The Hall–Kier alpha value is 0.240. The highest BCUT2D eigenvalue weighted by atomic mass is 32.2. The van der Waals surface area contributed by atoms with E-state index >= 15 is 0 Å². The molecule has 1 heterocycles. The van der Waals surface area contributed by atoms with Crippen LogP contribution < -0.4 is 0 Å². The van der Waals surface area contributed by atoms with Gasteiger partial charge in [0.2, 0.25) is 0 Å². The van der Waals surface area contributed by atoms with E-state index in [1.165, 1.54) is 0 Å². The summed E-state index contributed by atoms with van der Waals surface area (Å²) in [6.07, 6.45) is 5.98. The lowest BCUT2D eigenvalue weighted by Gasteiger charge is -2.19. The number of halogens is 1. The standard InChI is InChI=1S/C9H15FOS/c1-12-9-5-4-8-7(11-8)3-2-6(9)10/h6-9H,2-5H2,1H3/t6-,7-,8+,9-/m0/s1. The molecule has 0 aromatic carbocycles. The Morgan fingerprint density at radius 1 is 1.17 bits per heavy atom. The molecule has 2 rings (SSSR count). The summed E-state index contributed by atoms with van der Waals surface area (Å²) in [6.45, 7) is 0. The lowest BCUT2D eigenvalue weighted by atomic mass is 9.99. The van der Waals surface area contributed by atoms with Gasteiger partial charge in [-0.15, -0.1) is 0 Å². The minimum Gasteiger partial charge on any atom is -0.370 e. The van der Waals surface area contributed by atoms with Gasteiger partial charge < -0.3 is 4.74 Å². The number of epoxide rings is 1. The first kappa shape index (κ1) is 8.82. The van der Waals surface area contributed by atoms with Crippen LogP contribution in [0.2, 0.25) is 0 Å². The Kier molecular flexibility index (Phi) is 2.60. The fourth-order valence-corrected chi connectivity index (χ4v) is 2.77. The van der Waals surface area contributed by atoms with Crippen molar-refractivity contribution in [2.75, 3.05) is 6.26 Å². The fraction of sp³-hybridized carbons (Fsp3) is 1.00. The van der Waals surface area contributed by atoms with Crippen LogP contribution in [0.3, 0.4) is 0 Å². The zero-order valence-electron chi connectivity index (χ0n) is 7.33. The van der Waals surface area contributed by atoms with E-state index in [4.69, 9.17) is 4.74 Å². The third kappa shape index (κ3) is 1.77. The monoisotopic (exact) mass is 190 g/mol. The van der Waals surface area contributed by atoms with Gasteiger partial charge in [0.1, 0.15) is 6.17 Å². The number of alkyl halides is 1. The second kappa shape index (κ2) is 3.54. The summed E-state index contributed by atoms with van der Waals surface area (Å²) >= 11 is 1.67. The van der Waals surface area contributed by atoms with Gasteiger partial charge in [0, 0.05) is 5.25 Å². The summed E-state index contributed by atoms with van der Waals surface area (Å²) in [5, 5.41) is 0.218. The van der Waals surface area contributed by atoms with Gasteiger partial charge in [0.05, 0.1) is 12.2 Å². The molecule has 0 aromatic rings. The fourth-order valence-electron chi connectivity index (χ4n) is 1.97. The zero-order valence-corrected chi connectivity index (χ0v) is 8.15. The van der Waals surface area contributed by atoms with Crippen molar-refractivity contribution >= 4 is 11.8 Å². The average Bonchev–Trinajstić information content (AvgIpc) is 2.78. The molecule has 2 aliphatic rings. The summed E-state index contributed by atoms with van der Waals surface area (Å²) in [6, 6.07) is 0. The van der Waals surface area contributed by atoms with Crippen molar-refractivity contribution in [3.05, 3.63) is 0 Å². The Balaban J connectivity index is 1.89. The third-order valence-electron chi connectivity index (χ3n) is 2.86. The first-order chi connectivity index (χ1) is 5.81. The van der Waals surface area contributed by atoms with Crippen LogP contribution in [0.25, 0.3) is 0 Å². The van der Waals surface area contributed by atoms with E-state index < -0.39 is 6.17 Å². The molecule has 2 fully saturated rings. The molecule has 1 aliphatic carbocycles. The summed E-state index contributed by atoms with van der Waals surface area (Å²) in [7, 11) is 0. The Morgan fingerprint density at radius 3 is 2.50 bits per heavy atom. The second-order valence-corrected chi connectivity index (χ2v) is 4.73.